The Kier molecular flexibility index (Phi) is 5.91. The zero-order valence-electron chi connectivity index (χ0n) is 14.9. The van der Waals surface area contributed by atoms with Gasteiger partial charge in [0.05, 0.1) is 4.90 Å². The second-order valence-corrected chi connectivity index (χ2v) is 8.84. The minimum atomic E-state index is -3.64. The molecule has 2 saturated heterocycles. The van der Waals surface area contributed by atoms with Crippen LogP contribution in [-0.4, -0.2) is 74.9 Å². The van der Waals surface area contributed by atoms with Crippen molar-refractivity contribution in [1.29, 1.82) is 0 Å². The number of hydrogen-bond donors (Lipinski definition) is 1. The maximum absolute atomic E-state index is 13.0. The Bertz CT molecular complexity index is 725. The second kappa shape index (κ2) is 7.99. The summed E-state index contributed by atoms with van der Waals surface area (Å²) in [7, 11) is -1.59. The van der Waals surface area contributed by atoms with Gasteiger partial charge in [0.25, 0.3) is 0 Å². The molecule has 3 rings (SSSR count). The van der Waals surface area contributed by atoms with Crippen molar-refractivity contribution in [1.82, 2.24) is 19.6 Å². The number of sulfonamides is 1. The Hall–Kier alpha value is -1.55. The van der Waals surface area contributed by atoms with Gasteiger partial charge >= 0.3 is 0 Å². The third-order valence-corrected chi connectivity index (χ3v) is 6.96. The molecule has 2 aliphatic heterocycles. The van der Waals surface area contributed by atoms with Gasteiger partial charge in [-0.25, -0.2) is 17.8 Å². The number of carbonyl (C=O) groups is 1. The molecule has 26 heavy (non-hydrogen) atoms. The van der Waals surface area contributed by atoms with E-state index in [1.165, 1.54) is 16.4 Å². The third-order valence-electron chi connectivity index (χ3n) is 5.05. The average Bonchev–Trinajstić information content (AvgIpc) is 2.64. The summed E-state index contributed by atoms with van der Waals surface area (Å²) in [5.41, 5.74) is 2.96. The Morgan fingerprint density at radius 3 is 2.19 bits per heavy atom. The second-order valence-electron chi connectivity index (χ2n) is 6.90. The lowest BCUT2D eigenvalue weighted by Crippen LogP contribution is -2.54. The number of amides is 1. The predicted octanol–water partition coefficient (Wildman–Crippen LogP) is 0.505. The molecule has 0 aliphatic carbocycles. The number of piperazine rings is 1. The minimum absolute atomic E-state index is 0.0339. The van der Waals surface area contributed by atoms with Crippen LogP contribution in [0.5, 0.6) is 0 Å². The van der Waals surface area contributed by atoms with Crippen molar-refractivity contribution in [2.45, 2.75) is 17.7 Å². The van der Waals surface area contributed by atoms with Gasteiger partial charge in [-0.2, -0.15) is 4.31 Å². The van der Waals surface area contributed by atoms with Crippen molar-refractivity contribution in [3.05, 3.63) is 30.1 Å². The van der Waals surface area contributed by atoms with Crippen LogP contribution in [0.3, 0.4) is 0 Å². The molecule has 0 saturated carbocycles. The summed E-state index contributed by atoms with van der Waals surface area (Å²) in [4.78, 5) is 14.7. The molecular formula is C17H25FN4O3S. The summed E-state index contributed by atoms with van der Waals surface area (Å²) in [5.74, 6) is -0.689. The number of hydrogen-bond acceptors (Lipinski definition) is 5. The van der Waals surface area contributed by atoms with Gasteiger partial charge in [-0.1, -0.05) is 0 Å². The number of rotatable bonds is 4. The Labute approximate surface area is 153 Å². The van der Waals surface area contributed by atoms with Gasteiger partial charge in [0.15, 0.2) is 0 Å². The first-order chi connectivity index (χ1) is 12.4. The highest BCUT2D eigenvalue weighted by Crippen LogP contribution is 2.24. The van der Waals surface area contributed by atoms with Gasteiger partial charge in [-0.15, -0.1) is 0 Å². The van der Waals surface area contributed by atoms with Crippen LogP contribution >= 0.6 is 0 Å². The molecule has 0 spiro atoms. The summed E-state index contributed by atoms with van der Waals surface area (Å²) in [5, 5.41) is 1.93. The van der Waals surface area contributed by atoms with E-state index in [0.717, 1.165) is 38.3 Å². The van der Waals surface area contributed by atoms with E-state index in [1.807, 2.05) is 5.01 Å². The van der Waals surface area contributed by atoms with E-state index in [2.05, 4.69) is 17.4 Å². The van der Waals surface area contributed by atoms with Crippen LogP contribution in [0.1, 0.15) is 12.8 Å². The molecule has 0 unspecified atom stereocenters. The summed E-state index contributed by atoms with van der Waals surface area (Å²) in [6.07, 6.45) is 0.972. The maximum atomic E-state index is 13.0. The van der Waals surface area contributed by atoms with E-state index in [-0.39, 0.29) is 16.7 Å². The minimum Gasteiger partial charge on any atom is -0.304 e. The van der Waals surface area contributed by atoms with Crippen molar-refractivity contribution in [2.24, 2.45) is 5.92 Å². The molecule has 1 aromatic rings. The Morgan fingerprint density at radius 2 is 1.62 bits per heavy atom. The van der Waals surface area contributed by atoms with Crippen molar-refractivity contribution in [3.8, 4) is 0 Å². The van der Waals surface area contributed by atoms with Gasteiger partial charge in [0.1, 0.15) is 5.82 Å². The number of hydrazine groups is 1. The molecule has 7 nitrogen and oxygen atoms in total. The quantitative estimate of drug-likeness (QED) is 0.819. The van der Waals surface area contributed by atoms with Crippen LogP contribution in [0.25, 0.3) is 0 Å². The van der Waals surface area contributed by atoms with E-state index in [1.54, 1.807) is 0 Å². The standard InChI is InChI=1S/C17H25FN4O3S/c1-20-10-12-21(13-11-20)19-17(23)14-6-8-22(9-7-14)26(24,25)16-4-2-15(18)3-5-16/h2-5,14H,6-13H2,1H3,(H,19,23). The molecule has 2 fully saturated rings. The molecule has 0 radical (unpaired) electrons. The number of likely N-dealkylation sites (N-methyl/N-ethyl adjacent to an activating group) is 1. The normalized spacial score (nSPS) is 21.6. The summed E-state index contributed by atoms with van der Waals surface area (Å²) < 4.78 is 39.6. The van der Waals surface area contributed by atoms with Gasteiger partial charge < -0.3 is 4.90 Å². The third kappa shape index (κ3) is 4.40. The Morgan fingerprint density at radius 1 is 1.04 bits per heavy atom. The first kappa shape index (κ1) is 19.2. The summed E-state index contributed by atoms with van der Waals surface area (Å²) in [6.45, 7) is 3.99. The fourth-order valence-corrected chi connectivity index (χ4v) is 4.75. The number of nitrogens with one attached hydrogen (secondary N) is 1. The largest absolute Gasteiger partial charge is 0.304 e. The fraction of sp³-hybridized carbons (Fsp3) is 0.588. The number of carbonyl (C=O) groups excluding carboxylic acids is 1. The van der Waals surface area contributed by atoms with E-state index in [9.17, 15) is 17.6 Å². The fourth-order valence-electron chi connectivity index (χ4n) is 3.28. The SMILES string of the molecule is CN1CCN(NC(=O)C2CCN(S(=O)(=O)c3ccc(F)cc3)CC2)CC1. The molecule has 1 N–H and O–H groups in total. The van der Waals surface area contributed by atoms with E-state index < -0.39 is 15.8 Å². The van der Waals surface area contributed by atoms with Crippen molar-refractivity contribution < 1.29 is 17.6 Å². The lowest BCUT2D eigenvalue weighted by molar-refractivity contribution is -0.131. The zero-order valence-corrected chi connectivity index (χ0v) is 15.7. The van der Waals surface area contributed by atoms with E-state index in [4.69, 9.17) is 0 Å². The smallest absolute Gasteiger partial charge is 0.243 e. The number of piperidine rings is 1. The molecule has 9 heteroatoms. The average molecular weight is 384 g/mol. The topological polar surface area (TPSA) is 73.0 Å². The lowest BCUT2D eigenvalue weighted by Gasteiger charge is -2.35. The zero-order chi connectivity index (χ0) is 18.7. The van der Waals surface area contributed by atoms with Crippen LogP contribution in [0.2, 0.25) is 0 Å². The first-order valence-electron chi connectivity index (χ1n) is 8.86. The molecular weight excluding hydrogens is 359 g/mol. The van der Waals surface area contributed by atoms with Crippen LogP contribution < -0.4 is 5.43 Å². The highest BCUT2D eigenvalue weighted by atomic mass is 32.2. The molecule has 1 amide bonds. The molecule has 0 aromatic heterocycles. The monoisotopic (exact) mass is 384 g/mol. The van der Waals surface area contributed by atoms with Crippen molar-refractivity contribution >= 4 is 15.9 Å². The maximum Gasteiger partial charge on any atom is 0.243 e. The molecule has 0 atom stereocenters. The predicted molar refractivity (Wildman–Crippen MR) is 95.1 cm³/mol. The lowest BCUT2D eigenvalue weighted by atomic mass is 9.97. The molecule has 144 valence electrons. The number of halogens is 1. The van der Waals surface area contributed by atoms with Gasteiger partial charge in [0.2, 0.25) is 15.9 Å². The van der Waals surface area contributed by atoms with Crippen LogP contribution in [0, 0.1) is 11.7 Å². The number of benzene rings is 1. The summed E-state index contributed by atoms with van der Waals surface area (Å²) >= 11 is 0. The Balaban J connectivity index is 1.53. The van der Waals surface area contributed by atoms with Gasteiger partial charge in [-0.3, -0.25) is 10.2 Å². The molecule has 0 bridgehead atoms. The molecule has 1 aromatic carbocycles. The first-order valence-corrected chi connectivity index (χ1v) is 10.3. The molecule has 2 aliphatic rings. The summed E-state index contributed by atoms with van der Waals surface area (Å²) in [6, 6.07) is 4.83. The van der Waals surface area contributed by atoms with E-state index >= 15 is 0 Å². The number of nitrogens with zero attached hydrogens (tertiary/aromatic N) is 3. The van der Waals surface area contributed by atoms with Crippen LogP contribution in [0.4, 0.5) is 4.39 Å². The highest BCUT2D eigenvalue weighted by Gasteiger charge is 2.32. The van der Waals surface area contributed by atoms with Crippen LogP contribution in [0.15, 0.2) is 29.2 Å². The van der Waals surface area contributed by atoms with E-state index in [0.29, 0.717) is 25.9 Å². The van der Waals surface area contributed by atoms with Gasteiger partial charge in [0, 0.05) is 45.2 Å². The highest BCUT2D eigenvalue weighted by molar-refractivity contribution is 7.89. The van der Waals surface area contributed by atoms with Gasteiger partial charge in [-0.05, 0) is 44.2 Å². The molecule has 2 heterocycles. The van der Waals surface area contributed by atoms with Crippen molar-refractivity contribution in [3.63, 3.8) is 0 Å². The van der Waals surface area contributed by atoms with Crippen molar-refractivity contribution in [2.75, 3.05) is 46.3 Å². The van der Waals surface area contributed by atoms with Crippen LogP contribution in [-0.2, 0) is 14.8 Å².